The Kier molecular flexibility index (Phi) is 5.63. The van der Waals surface area contributed by atoms with Gasteiger partial charge in [0.25, 0.3) is 0 Å². The molecule has 0 saturated carbocycles. The zero-order chi connectivity index (χ0) is 15.1. The highest BCUT2D eigenvalue weighted by Gasteiger charge is 2.02. The zero-order valence-electron chi connectivity index (χ0n) is 11.5. The minimum atomic E-state index is -0.0366. The number of nitrogens with one attached hydrogen (secondary N) is 1. The quantitative estimate of drug-likeness (QED) is 0.788. The summed E-state index contributed by atoms with van der Waals surface area (Å²) in [6, 6.07) is 14.9. The van der Waals surface area contributed by atoms with Gasteiger partial charge in [-0.25, -0.2) is 0 Å². The Bertz CT molecular complexity index is 599. The highest BCUT2D eigenvalue weighted by atomic mass is 79.9. The molecule has 0 unspecified atom stereocenters. The van der Waals surface area contributed by atoms with Gasteiger partial charge in [-0.2, -0.15) is 0 Å². The molecule has 5 heteroatoms. The Morgan fingerprint density at radius 1 is 1.19 bits per heavy atom. The maximum Gasteiger partial charge on any atom is 0.223 e. The number of anilines is 1. The molecule has 21 heavy (non-hydrogen) atoms. The van der Waals surface area contributed by atoms with E-state index in [-0.39, 0.29) is 5.91 Å². The van der Waals surface area contributed by atoms with E-state index in [0.29, 0.717) is 31.0 Å². The molecule has 0 saturated heterocycles. The topological polar surface area (TPSA) is 64.3 Å². The number of hydrogen-bond donors (Lipinski definition) is 2. The number of benzene rings is 2. The molecule has 0 aromatic heterocycles. The number of nitrogens with two attached hydrogens (primary N) is 1. The van der Waals surface area contributed by atoms with E-state index < -0.39 is 0 Å². The van der Waals surface area contributed by atoms with Crippen LogP contribution in [0.15, 0.2) is 53.0 Å². The number of halogens is 1. The minimum absolute atomic E-state index is 0.0366. The second-order valence-electron chi connectivity index (χ2n) is 4.57. The number of carbonyl (C=O) groups is 1. The fourth-order valence-corrected chi connectivity index (χ4v) is 2.21. The van der Waals surface area contributed by atoms with Crippen molar-refractivity contribution in [3.8, 4) is 5.75 Å². The smallest absolute Gasteiger partial charge is 0.223 e. The van der Waals surface area contributed by atoms with E-state index in [1.807, 2.05) is 24.3 Å². The number of nitrogen functional groups attached to an aromatic ring is 1. The third-order valence-electron chi connectivity index (χ3n) is 2.86. The predicted octanol–water partition coefficient (Wildman–Crippen LogP) is 3.12. The van der Waals surface area contributed by atoms with Crippen molar-refractivity contribution in [2.45, 2.75) is 13.0 Å². The van der Waals surface area contributed by atoms with Crippen molar-refractivity contribution in [2.75, 3.05) is 12.3 Å². The molecular weight excluding hydrogens is 332 g/mol. The SMILES string of the molecule is Nc1ccc(OCCC(=O)NCc2cccc(Br)c2)cc1. The Morgan fingerprint density at radius 3 is 2.67 bits per heavy atom. The molecule has 1 amide bonds. The van der Waals surface area contributed by atoms with Gasteiger partial charge in [0.05, 0.1) is 13.0 Å². The summed E-state index contributed by atoms with van der Waals surface area (Å²) in [4.78, 5) is 11.7. The van der Waals surface area contributed by atoms with E-state index in [2.05, 4.69) is 21.2 Å². The lowest BCUT2D eigenvalue weighted by Gasteiger charge is -2.08. The van der Waals surface area contributed by atoms with Gasteiger partial charge in [-0.3, -0.25) is 4.79 Å². The standard InChI is InChI=1S/C16H17BrN2O2/c17-13-3-1-2-12(10-13)11-19-16(20)8-9-21-15-6-4-14(18)5-7-15/h1-7,10H,8-9,11,18H2,(H,19,20). The van der Waals surface area contributed by atoms with E-state index in [4.69, 9.17) is 10.5 Å². The molecule has 2 rings (SSSR count). The van der Waals surface area contributed by atoms with Crippen molar-refractivity contribution in [1.82, 2.24) is 5.32 Å². The van der Waals surface area contributed by atoms with Gasteiger partial charge in [0.15, 0.2) is 0 Å². The van der Waals surface area contributed by atoms with Crippen LogP contribution in [0, 0.1) is 0 Å². The van der Waals surface area contributed by atoms with Gasteiger partial charge in [0.1, 0.15) is 5.75 Å². The van der Waals surface area contributed by atoms with E-state index >= 15 is 0 Å². The van der Waals surface area contributed by atoms with Crippen LogP contribution in [0.3, 0.4) is 0 Å². The summed E-state index contributed by atoms with van der Waals surface area (Å²) in [7, 11) is 0. The first kappa shape index (κ1) is 15.4. The average Bonchev–Trinajstić information content (AvgIpc) is 2.47. The fraction of sp³-hybridized carbons (Fsp3) is 0.188. The molecule has 2 aromatic rings. The van der Waals surface area contributed by atoms with Gasteiger partial charge in [-0.05, 0) is 42.0 Å². The van der Waals surface area contributed by atoms with Gasteiger partial charge in [-0.15, -0.1) is 0 Å². The first-order chi connectivity index (χ1) is 10.1. The largest absolute Gasteiger partial charge is 0.493 e. The number of ether oxygens (including phenoxy) is 1. The van der Waals surface area contributed by atoms with Crippen LogP contribution in [0.2, 0.25) is 0 Å². The van der Waals surface area contributed by atoms with Crippen molar-refractivity contribution in [3.05, 3.63) is 58.6 Å². The molecule has 4 nitrogen and oxygen atoms in total. The van der Waals surface area contributed by atoms with Gasteiger partial charge in [0.2, 0.25) is 5.91 Å². The molecule has 0 heterocycles. The summed E-state index contributed by atoms with van der Waals surface area (Å²) in [5, 5.41) is 2.86. The second kappa shape index (κ2) is 7.69. The van der Waals surface area contributed by atoms with Crippen molar-refractivity contribution in [1.29, 1.82) is 0 Å². The van der Waals surface area contributed by atoms with Gasteiger partial charge in [-0.1, -0.05) is 28.1 Å². The summed E-state index contributed by atoms with van der Waals surface area (Å²) in [5.74, 6) is 0.675. The summed E-state index contributed by atoms with van der Waals surface area (Å²) in [6.45, 7) is 0.856. The molecule has 0 aliphatic rings. The minimum Gasteiger partial charge on any atom is -0.493 e. The maximum atomic E-state index is 11.7. The van der Waals surface area contributed by atoms with E-state index in [1.165, 1.54) is 0 Å². The van der Waals surface area contributed by atoms with Crippen molar-refractivity contribution >= 4 is 27.5 Å². The van der Waals surface area contributed by atoms with E-state index in [9.17, 15) is 4.79 Å². The summed E-state index contributed by atoms with van der Waals surface area (Å²) >= 11 is 3.40. The normalized spacial score (nSPS) is 10.1. The molecular formula is C16H17BrN2O2. The molecule has 2 aromatic carbocycles. The first-order valence-corrected chi connectivity index (χ1v) is 7.42. The summed E-state index contributed by atoms with van der Waals surface area (Å²) in [5.41, 5.74) is 7.33. The van der Waals surface area contributed by atoms with Gasteiger partial charge >= 0.3 is 0 Å². The Labute approximate surface area is 132 Å². The third-order valence-corrected chi connectivity index (χ3v) is 3.35. The summed E-state index contributed by atoms with van der Waals surface area (Å²) < 4.78 is 6.48. The van der Waals surface area contributed by atoms with Crippen LogP contribution in [-0.2, 0) is 11.3 Å². The van der Waals surface area contributed by atoms with Crippen LogP contribution in [0.1, 0.15) is 12.0 Å². The van der Waals surface area contributed by atoms with Crippen LogP contribution < -0.4 is 15.8 Å². The molecule has 3 N–H and O–H groups in total. The highest BCUT2D eigenvalue weighted by Crippen LogP contribution is 2.13. The Morgan fingerprint density at radius 2 is 1.95 bits per heavy atom. The molecule has 110 valence electrons. The molecule has 0 spiro atoms. The average molecular weight is 349 g/mol. The Hall–Kier alpha value is -2.01. The van der Waals surface area contributed by atoms with Crippen molar-refractivity contribution in [2.24, 2.45) is 0 Å². The van der Waals surface area contributed by atoms with E-state index in [1.54, 1.807) is 24.3 Å². The van der Waals surface area contributed by atoms with Crippen LogP contribution >= 0.6 is 15.9 Å². The lowest BCUT2D eigenvalue weighted by molar-refractivity contribution is -0.121. The van der Waals surface area contributed by atoms with Crippen LogP contribution in [0.25, 0.3) is 0 Å². The monoisotopic (exact) mass is 348 g/mol. The number of amides is 1. The van der Waals surface area contributed by atoms with Gasteiger partial charge < -0.3 is 15.8 Å². The van der Waals surface area contributed by atoms with Crippen LogP contribution in [-0.4, -0.2) is 12.5 Å². The fourth-order valence-electron chi connectivity index (χ4n) is 1.76. The number of rotatable bonds is 6. The molecule has 0 aliphatic carbocycles. The lowest BCUT2D eigenvalue weighted by atomic mass is 10.2. The highest BCUT2D eigenvalue weighted by molar-refractivity contribution is 9.10. The van der Waals surface area contributed by atoms with Gasteiger partial charge in [0, 0.05) is 16.7 Å². The third kappa shape index (κ3) is 5.47. The van der Waals surface area contributed by atoms with Crippen LogP contribution in [0.4, 0.5) is 5.69 Å². The molecule has 0 aliphatic heterocycles. The zero-order valence-corrected chi connectivity index (χ0v) is 13.1. The molecule has 0 radical (unpaired) electrons. The second-order valence-corrected chi connectivity index (χ2v) is 5.49. The Balaban J connectivity index is 1.69. The molecule has 0 fully saturated rings. The predicted molar refractivity (Wildman–Crippen MR) is 87.0 cm³/mol. The molecule has 0 atom stereocenters. The number of carbonyl (C=O) groups excluding carboxylic acids is 1. The van der Waals surface area contributed by atoms with Crippen molar-refractivity contribution < 1.29 is 9.53 Å². The van der Waals surface area contributed by atoms with E-state index in [0.717, 1.165) is 10.0 Å². The first-order valence-electron chi connectivity index (χ1n) is 6.63. The molecule has 0 bridgehead atoms. The lowest BCUT2D eigenvalue weighted by Crippen LogP contribution is -2.24. The van der Waals surface area contributed by atoms with Crippen LogP contribution in [0.5, 0.6) is 5.75 Å². The number of hydrogen-bond acceptors (Lipinski definition) is 3. The van der Waals surface area contributed by atoms with Crippen molar-refractivity contribution in [3.63, 3.8) is 0 Å². The maximum absolute atomic E-state index is 11.7. The summed E-state index contributed by atoms with van der Waals surface area (Å²) in [6.07, 6.45) is 0.318.